The molecule has 1 spiro atoms. The van der Waals surface area contributed by atoms with Crippen molar-refractivity contribution in [2.24, 2.45) is 35.5 Å². The quantitative estimate of drug-likeness (QED) is 0.218. The number of carbonyl (C=O) groups is 3. The summed E-state index contributed by atoms with van der Waals surface area (Å²) in [6, 6.07) is 0. The van der Waals surface area contributed by atoms with Gasteiger partial charge in [0.15, 0.2) is 11.4 Å². The third-order valence-corrected chi connectivity index (χ3v) is 10.7. The molecule has 41 heavy (non-hydrogen) atoms. The Hall–Kier alpha value is -3.25. The SMILES string of the molecule is COC(=O)CC1=c2c(C(=O)NCCS(=O)(=O)[O-])c(C)c3n2[C@]24C([C@@H]2C(C)C=C2[C@@H](C)[C@H](CCC(=O)[O-])C1=[N+]24)[C@H](C)C=3. The van der Waals surface area contributed by atoms with E-state index >= 15 is 0 Å². The molecule has 5 aliphatic rings. The summed E-state index contributed by atoms with van der Waals surface area (Å²) in [5.74, 6) is -2.28. The zero-order valence-corrected chi connectivity index (χ0v) is 24.5. The van der Waals surface area contributed by atoms with Crippen LogP contribution in [-0.2, 0) is 30.1 Å². The number of allylic oxidation sites excluding steroid dienone is 2. The Bertz CT molecular complexity index is 1720. The van der Waals surface area contributed by atoms with E-state index in [1.165, 1.54) is 7.11 Å². The molecule has 11 nitrogen and oxygen atoms in total. The van der Waals surface area contributed by atoms with Crippen LogP contribution >= 0.6 is 0 Å². The van der Waals surface area contributed by atoms with E-state index in [9.17, 15) is 32.5 Å². The van der Waals surface area contributed by atoms with Crippen LogP contribution in [0.15, 0.2) is 11.8 Å². The third kappa shape index (κ3) is 3.75. The van der Waals surface area contributed by atoms with Crippen LogP contribution in [0.3, 0.4) is 0 Å². The van der Waals surface area contributed by atoms with Gasteiger partial charge in [0.2, 0.25) is 0 Å². The number of ether oxygens (including phenoxy) is 1. The predicted octanol–water partition coefficient (Wildman–Crippen LogP) is -1.09. The van der Waals surface area contributed by atoms with E-state index in [-0.39, 0.29) is 54.9 Å². The lowest BCUT2D eigenvalue weighted by molar-refractivity contribution is -0.577. The zero-order valence-electron chi connectivity index (χ0n) is 23.7. The van der Waals surface area contributed by atoms with E-state index in [0.717, 1.165) is 16.8 Å². The molecule has 1 aromatic rings. The van der Waals surface area contributed by atoms with Crippen molar-refractivity contribution >= 4 is 45.3 Å². The van der Waals surface area contributed by atoms with Gasteiger partial charge in [0.1, 0.15) is 0 Å². The smallest absolute Gasteiger partial charge is 0.310 e. The fraction of sp³-hybridized carbons (Fsp3) is 0.586. The summed E-state index contributed by atoms with van der Waals surface area (Å²) in [6.07, 6.45) is 4.50. The topological polar surface area (TPSA) is 161 Å². The molecule has 220 valence electrons. The van der Waals surface area contributed by atoms with Gasteiger partial charge >= 0.3 is 5.97 Å². The van der Waals surface area contributed by atoms with E-state index < -0.39 is 39.4 Å². The summed E-state index contributed by atoms with van der Waals surface area (Å²) >= 11 is 0. The van der Waals surface area contributed by atoms with E-state index in [4.69, 9.17) is 4.74 Å². The molecule has 7 atom stereocenters. The van der Waals surface area contributed by atoms with Crippen LogP contribution in [0.2, 0.25) is 0 Å². The second-order valence-corrected chi connectivity index (χ2v) is 13.7. The lowest BCUT2D eigenvalue weighted by Gasteiger charge is -2.31. The van der Waals surface area contributed by atoms with Crippen LogP contribution in [0, 0.1) is 42.4 Å². The van der Waals surface area contributed by atoms with E-state index in [1.807, 2.05) is 6.92 Å². The molecule has 0 saturated heterocycles. The van der Waals surface area contributed by atoms with Gasteiger partial charge in [-0.05, 0) is 43.2 Å². The number of amides is 1. The number of rotatable bonds is 9. The number of nitrogens with zero attached hydrogens (tertiary/aromatic N) is 2. The largest absolute Gasteiger partial charge is 0.748 e. The van der Waals surface area contributed by atoms with Crippen molar-refractivity contribution < 1.29 is 41.8 Å². The summed E-state index contributed by atoms with van der Waals surface area (Å²) in [5.41, 5.74) is 3.13. The summed E-state index contributed by atoms with van der Waals surface area (Å²) in [6.45, 7) is 7.98. The fourth-order valence-corrected chi connectivity index (χ4v) is 8.94. The molecule has 2 unspecified atom stereocenters. The number of methoxy groups -OCH3 is 1. The number of aliphatic carboxylic acids is 1. The van der Waals surface area contributed by atoms with E-state index in [0.29, 0.717) is 28.5 Å². The molecule has 6 rings (SSSR count). The maximum Gasteiger partial charge on any atom is 0.310 e. The lowest BCUT2D eigenvalue weighted by Crippen LogP contribution is -2.55. The first-order chi connectivity index (χ1) is 19.2. The standard InChI is InChI=1S/C29H35N3O8S/c1-13-10-19-15(3)17(6-7-21(33)34)26-18(12-22(35)40-5)27-23(28(36)30-8-9-41(37,38)39)16(4)20-11-14(2)25-24(13)29(25,31(19)26)32(20)27/h10-11,13-15,17,24-25H,6-9,12H2,1-5H3,(H2-,30,33,34,36,37,38,39)/p-1/t13?,14-,15+,17+,24+,25?,29+/m1/s1. The minimum absolute atomic E-state index is 0.0223. The molecule has 1 fully saturated rings. The van der Waals surface area contributed by atoms with Crippen LogP contribution in [0.1, 0.15) is 56.0 Å². The van der Waals surface area contributed by atoms with Crippen LogP contribution in [0.5, 0.6) is 0 Å². The van der Waals surface area contributed by atoms with Crippen molar-refractivity contribution in [3.8, 4) is 0 Å². The minimum Gasteiger partial charge on any atom is -0.748 e. The molecule has 1 amide bonds. The average Bonchev–Trinajstić information content (AvgIpc) is 3.41. The van der Waals surface area contributed by atoms with Crippen LogP contribution in [0.4, 0.5) is 0 Å². The molecule has 0 aromatic carbocycles. The molecule has 1 aromatic heterocycles. The molecule has 1 saturated carbocycles. The molecule has 1 aliphatic carbocycles. The monoisotopic (exact) mass is 584 g/mol. The summed E-state index contributed by atoms with van der Waals surface area (Å²) in [4.78, 5) is 38.3. The third-order valence-electron chi connectivity index (χ3n) is 10.0. The minimum atomic E-state index is -4.53. The number of carboxylic acid groups (broad SMARTS) is 1. The number of hydrogen-bond donors (Lipinski definition) is 1. The molecule has 5 heterocycles. The van der Waals surface area contributed by atoms with Crippen molar-refractivity contribution in [1.29, 1.82) is 0 Å². The Morgan fingerprint density at radius 3 is 2.41 bits per heavy atom. The summed E-state index contributed by atoms with van der Waals surface area (Å²) in [5, 5.41) is 15.7. The van der Waals surface area contributed by atoms with Crippen molar-refractivity contribution in [2.45, 2.75) is 52.6 Å². The highest BCUT2D eigenvalue weighted by Gasteiger charge is 2.83. The van der Waals surface area contributed by atoms with Crippen LogP contribution in [-0.4, -0.2) is 65.1 Å². The highest BCUT2D eigenvalue weighted by atomic mass is 32.2. The fourth-order valence-electron chi connectivity index (χ4n) is 8.59. The molecule has 0 bridgehead atoms. The van der Waals surface area contributed by atoms with Gasteiger partial charge in [0.05, 0.1) is 69.6 Å². The maximum atomic E-state index is 13.8. The molecular weight excluding hydrogens is 550 g/mol. The molecule has 0 radical (unpaired) electrons. The first kappa shape index (κ1) is 27.9. The Labute approximate surface area is 238 Å². The normalized spacial score (nSPS) is 32.0. The molecule has 1 N–H and O–H groups in total. The van der Waals surface area contributed by atoms with Gasteiger partial charge in [0, 0.05) is 17.9 Å². The Balaban J connectivity index is 1.67. The van der Waals surface area contributed by atoms with Crippen molar-refractivity contribution in [1.82, 2.24) is 9.88 Å². The van der Waals surface area contributed by atoms with Gasteiger partial charge in [-0.25, -0.2) is 8.42 Å². The molecular formula is C29H34N3O8S-. The number of esters is 1. The lowest BCUT2D eigenvalue weighted by atomic mass is 9.82. The highest BCUT2D eigenvalue weighted by molar-refractivity contribution is 7.85. The second kappa shape index (κ2) is 9.12. The van der Waals surface area contributed by atoms with Crippen LogP contribution in [0.25, 0.3) is 11.6 Å². The Kier molecular flexibility index (Phi) is 6.21. The van der Waals surface area contributed by atoms with E-state index in [1.54, 1.807) is 0 Å². The molecule has 4 aliphatic heterocycles. The van der Waals surface area contributed by atoms with Crippen LogP contribution < -0.4 is 21.1 Å². The zero-order chi connectivity index (χ0) is 29.8. The second-order valence-electron chi connectivity index (χ2n) is 12.2. The summed E-state index contributed by atoms with van der Waals surface area (Å²) in [7, 11) is -3.23. The summed E-state index contributed by atoms with van der Waals surface area (Å²) < 4.78 is 43.3. The first-order valence-electron chi connectivity index (χ1n) is 14.1. The predicted molar refractivity (Wildman–Crippen MR) is 143 cm³/mol. The van der Waals surface area contributed by atoms with Crippen molar-refractivity contribution in [3.63, 3.8) is 0 Å². The molecule has 12 heteroatoms. The number of carbonyl (C=O) groups excluding carboxylic acids is 3. The van der Waals surface area contributed by atoms with Gasteiger partial charge in [-0.2, -0.15) is 4.58 Å². The average molecular weight is 585 g/mol. The van der Waals surface area contributed by atoms with Gasteiger partial charge in [0.25, 0.3) is 11.6 Å². The highest BCUT2D eigenvalue weighted by Crippen LogP contribution is 2.70. The van der Waals surface area contributed by atoms with Crippen molar-refractivity contribution in [3.05, 3.63) is 33.6 Å². The Morgan fingerprint density at radius 1 is 1.15 bits per heavy atom. The number of hydrogen-bond acceptors (Lipinski definition) is 8. The van der Waals surface area contributed by atoms with Gasteiger partial charge in [-0.1, -0.05) is 26.8 Å². The number of aromatic nitrogens is 1. The van der Waals surface area contributed by atoms with Crippen molar-refractivity contribution in [2.75, 3.05) is 19.4 Å². The first-order valence-corrected chi connectivity index (χ1v) is 15.7. The Morgan fingerprint density at radius 2 is 1.80 bits per heavy atom. The number of fused-ring (bicyclic) bond motifs is 1. The van der Waals surface area contributed by atoms with E-state index in [2.05, 4.69) is 47.4 Å². The van der Waals surface area contributed by atoms with Gasteiger partial charge in [-0.3, -0.25) is 14.2 Å². The van der Waals surface area contributed by atoms with Gasteiger partial charge in [-0.15, -0.1) is 0 Å². The number of carboxylic acids is 1. The number of nitrogens with one attached hydrogen (secondary N) is 1. The maximum absolute atomic E-state index is 13.8. The van der Waals surface area contributed by atoms with Gasteiger partial charge < -0.3 is 24.5 Å².